The van der Waals surface area contributed by atoms with Crippen molar-refractivity contribution >= 4 is 23.7 Å². The van der Waals surface area contributed by atoms with Crippen LogP contribution in [0.1, 0.15) is 54.1 Å². The highest BCUT2D eigenvalue weighted by Crippen LogP contribution is 2.37. The first-order valence-corrected chi connectivity index (χ1v) is 14.3. The highest BCUT2D eigenvalue weighted by molar-refractivity contribution is 6.01. The number of anilines is 1. The van der Waals surface area contributed by atoms with Crippen LogP contribution in [0.4, 0.5) is 19.3 Å². The number of aliphatic carboxylic acids is 1. The molecule has 1 N–H and O–H groups in total. The number of rotatable bonds is 5. The van der Waals surface area contributed by atoms with E-state index in [1.54, 1.807) is 15.5 Å². The minimum atomic E-state index is -1.46. The van der Waals surface area contributed by atoms with E-state index in [1.807, 2.05) is 45.0 Å². The first-order chi connectivity index (χ1) is 20.4. The zero-order valence-corrected chi connectivity index (χ0v) is 24.2. The highest BCUT2D eigenvalue weighted by Gasteiger charge is 2.42. The number of carboxylic acid groups (broad SMARTS) is 1. The normalized spacial score (nSPS) is 19.0. The third-order valence-corrected chi connectivity index (χ3v) is 8.11. The Labute approximate surface area is 247 Å². The molecule has 0 bridgehead atoms. The molecule has 10 nitrogen and oxygen atoms in total. The molecule has 2 atom stereocenters. The number of aromatic nitrogens is 2. The number of piperazine rings is 1. The van der Waals surface area contributed by atoms with Gasteiger partial charge < -0.3 is 29.1 Å². The Balaban J connectivity index is 1.18. The number of imidazole rings is 1. The predicted molar refractivity (Wildman–Crippen MR) is 153 cm³/mol. The number of benzene rings is 2. The minimum absolute atomic E-state index is 0.0159. The van der Waals surface area contributed by atoms with Crippen LogP contribution in [0.25, 0.3) is 11.1 Å². The van der Waals surface area contributed by atoms with Crippen LogP contribution >= 0.6 is 0 Å². The third-order valence-electron chi connectivity index (χ3n) is 8.11. The van der Waals surface area contributed by atoms with Gasteiger partial charge >= 0.3 is 12.1 Å². The van der Waals surface area contributed by atoms with E-state index in [0.717, 1.165) is 10.6 Å². The number of ether oxygens (including phenoxy) is 1. The highest BCUT2D eigenvalue weighted by atomic mass is 19.1. The number of halogens is 2. The summed E-state index contributed by atoms with van der Waals surface area (Å²) in [6, 6.07) is 8.99. The molecule has 43 heavy (non-hydrogen) atoms. The molecule has 2 amide bonds. The number of carbonyl (C=O) groups is 3. The summed E-state index contributed by atoms with van der Waals surface area (Å²) in [5.74, 6) is -2.53. The minimum Gasteiger partial charge on any atom is -0.479 e. The van der Waals surface area contributed by atoms with Crippen molar-refractivity contribution in [1.29, 1.82) is 0 Å². The number of alkyl halides is 1. The molecule has 3 aliphatic rings. The first-order valence-electron chi connectivity index (χ1n) is 14.3. The van der Waals surface area contributed by atoms with Gasteiger partial charge in [0, 0.05) is 55.1 Å². The fourth-order valence-electron chi connectivity index (χ4n) is 6.02. The molecule has 3 aromatic rings. The zero-order chi connectivity index (χ0) is 30.6. The molecule has 226 valence electrons. The molecule has 1 aromatic heterocycles. The molecule has 0 aliphatic carbocycles. The van der Waals surface area contributed by atoms with Crippen molar-refractivity contribution in [3.63, 3.8) is 0 Å². The first kappa shape index (κ1) is 28.6. The summed E-state index contributed by atoms with van der Waals surface area (Å²) in [6.45, 7) is 7.69. The monoisotopic (exact) mass is 593 g/mol. The van der Waals surface area contributed by atoms with Crippen LogP contribution in [0.15, 0.2) is 42.7 Å². The van der Waals surface area contributed by atoms with Crippen LogP contribution in [-0.2, 0) is 29.0 Å². The van der Waals surface area contributed by atoms with Crippen molar-refractivity contribution in [3.8, 4) is 11.1 Å². The van der Waals surface area contributed by atoms with Crippen LogP contribution in [-0.4, -0.2) is 80.4 Å². The van der Waals surface area contributed by atoms with Crippen LogP contribution in [0.3, 0.4) is 0 Å². The lowest BCUT2D eigenvalue weighted by Gasteiger charge is -2.36. The summed E-state index contributed by atoms with van der Waals surface area (Å²) in [7, 11) is 0. The summed E-state index contributed by atoms with van der Waals surface area (Å²) < 4.78 is 36.4. The van der Waals surface area contributed by atoms with Gasteiger partial charge in [-0.25, -0.2) is 23.4 Å². The number of hydrogen-bond acceptors (Lipinski definition) is 6. The van der Waals surface area contributed by atoms with Crippen LogP contribution < -0.4 is 4.90 Å². The lowest BCUT2D eigenvalue weighted by molar-refractivity contribution is -0.142. The van der Waals surface area contributed by atoms with E-state index >= 15 is 4.39 Å². The lowest BCUT2D eigenvalue weighted by Crippen LogP contribution is -2.50. The Kier molecular flexibility index (Phi) is 7.10. The van der Waals surface area contributed by atoms with Crippen molar-refractivity contribution < 1.29 is 33.0 Å². The number of hydrogen-bond donors (Lipinski definition) is 1. The molecule has 1 saturated heterocycles. The largest absolute Gasteiger partial charge is 0.479 e. The average molecular weight is 594 g/mol. The quantitative estimate of drug-likeness (QED) is 0.467. The molecule has 12 heteroatoms. The van der Waals surface area contributed by atoms with Gasteiger partial charge in [-0.15, -0.1) is 0 Å². The van der Waals surface area contributed by atoms with Crippen molar-refractivity contribution in [2.45, 2.75) is 58.1 Å². The Morgan fingerprint density at radius 1 is 1.07 bits per heavy atom. The van der Waals surface area contributed by atoms with Gasteiger partial charge in [-0.3, -0.25) is 4.79 Å². The molecule has 1 fully saturated rings. The summed E-state index contributed by atoms with van der Waals surface area (Å²) in [4.78, 5) is 47.3. The second kappa shape index (κ2) is 10.7. The maximum atomic E-state index is 15.4. The van der Waals surface area contributed by atoms with Gasteiger partial charge in [-0.05, 0) is 56.2 Å². The van der Waals surface area contributed by atoms with Crippen molar-refractivity contribution in [2.75, 3.05) is 31.1 Å². The summed E-state index contributed by atoms with van der Waals surface area (Å²) >= 11 is 0. The van der Waals surface area contributed by atoms with Crippen molar-refractivity contribution in [3.05, 3.63) is 71.1 Å². The van der Waals surface area contributed by atoms with Gasteiger partial charge in [0.25, 0.3) is 5.91 Å². The maximum Gasteiger partial charge on any atom is 0.410 e. The smallest absolute Gasteiger partial charge is 0.410 e. The van der Waals surface area contributed by atoms with Crippen LogP contribution in [0, 0.1) is 5.82 Å². The average Bonchev–Trinajstić information content (AvgIpc) is 3.61. The van der Waals surface area contributed by atoms with Gasteiger partial charge in [0.15, 0.2) is 6.04 Å². The predicted octanol–water partition coefficient (Wildman–Crippen LogP) is 4.42. The zero-order valence-electron chi connectivity index (χ0n) is 24.2. The van der Waals surface area contributed by atoms with E-state index in [2.05, 4.69) is 9.88 Å². The number of carboxylic acids is 1. The van der Waals surface area contributed by atoms with E-state index in [0.29, 0.717) is 43.0 Å². The molecular weight excluding hydrogens is 560 g/mol. The van der Waals surface area contributed by atoms with Gasteiger partial charge in [0.2, 0.25) is 0 Å². The number of fused-ring (bicyclic) bond motifs is 2. The van der Waals surface area contributed by atoms with E-state index in [4.69, 9.17) is 4.74 Å². The lowest BCUT2D eigenvalue weighted by atomic mass is 9.99. The second-order valence-electron chi connectivity index (χ2n) is 12.2. The number of nitrogens with zero attached hydrogens (tertiary/aromatic N) is 5. The molecule has 0 radical (unpaired) electrons. The molecular formula is C31H33F2N5O5. The molecule has 0 saturated carbocycles. The fourth-order valence-corrected chi connectivity index (χ4v) is 6.02. The molecule has 2 aromatic carbocycles. The summed E-state index contributed by atoms with van der Waals surface area (Å²) in [6.07, 6.45) is -0.0730. The van der Waals surface area contributed by atoms with Crippen molar-refractivity contribution in [2.24, 2.45) is 0 Å². The Morgan fingerprint density at radius 2 is 1.77 bits per heavy atom. The molecule has 6 rings (SSSR count). The van der Waals surface area contributed by atoms with Gasteiger partial charge in [0.1, 0.15) is 17.6 Å². The van der Waals surface area contributed by atoms with E-state index in [9.17, 15) is 23.9 Å². The van der Waals surface area contributed by atoms with Crippen molar-refractivity contribution in [1.82, 2.24) is 19.4 Å². The second-order valence-corrected chi connectivity index (χ2v) is 12.2. The standard InChI is InChI=1S/C31H33F2N5O5/c1-31(2,3)43-30(42)36-10-8-35(9-11-36)21-6-4-18(5-7-21)19-12-22-23(24(33)13-19)16-38(28(22)39)27(29(40)41)26-25-14-20(32)15-37(25)17-34-26/h4-7,12-13,17,20,27H,8-11,14-16H2,1-3H3,(H,40,41)/t20-,27?/m1/s1. The molecule has 3 aliphatic heterocycles. The Bertz CT molecular complexity index is 1590. The topological polar surface area (TPSA) is 108 Å². The Hall–Kier alpha value is -4.48. The third kappa shape index (κ3) is 5.41. The molecule has 1 unspecified atom stereocenters. The van der Waals surface area contributed by atoms with Crippen LogP contribution in [0.5, 0.6) is 0 Å². The number of carbonyl (C=O) groups excluding carboxylic acids is 2. The summed E-state index contributed by atoms with van der Waals surface area (Å²) in [5, 5.41) is 10.1. The van der Waals surface area contributed by atoms with E-state index in [-0.39, 0.29) is 42.4 Å². The number of amides is 2. The molecule has 4 heterocycles. The van der Waals surface area contributed by atoms with Gasteiger partial charge in [0.05, 0.1) is 25.1 Å². The molecule has 0 spiro atoms. The maximum absolute atomic E-state index is 15.4. The SMILES string of the molecule is CC(C)(C)OC(=O)N1CCN(c2ccc(-c3cc(F)c4c(c3)C(=O)N(C(C(=O)O)c3ncn5c3C[C@@H](F)C5)C4)cc2)CC1. The van der Waals surface area contributed by atoms with E-state index < -0.39 is 35.5 Å². The van der Waals surface area contributed by atoms with Crippen LogP contribution in [0.2, 0.25) is 0 Å². The summed E-state index contributed by atoms with van der Waals surface area (Å²) in [5.41, 5.74) is 2.35. The van der Waals surface area contributed by atoms with Gasteiger partial charge in [-0.2, -0.15) is 0 Å². The van der Waals surface area contributed by atoms with Gasteiger partial charge in [-0.1, -0.05) is 12.1 Å². The van der Waals surface area contributed by atoms with E-state index in [1.165, 1.54) is 12.4 Å². The Morgan fingerprint density at radius 3 is 2.42 bits per heavy atom. The fraction of sp³-hybridized carbons (Fsp3) is 0.419.